The minimum Gasteiger partial charge on any atom is -0.403 e. The molecule has 0 amide bonds. The summed E-state index contributed by atoms with van der Waals surface area (Å²) in [6.45, 7) is 15.0. The SMILES string of the molecule is Cc1cc(C)c(CCB2OC(C)(C)C(C)(C)O2)c(C)c1. The molecule has 0 bridgehead atoms. The summed E-state index contributed by atoms with van der Waals surface area (Å²) in [5.41, 5.74) is 5.06. The van der Waals surface area contributed by atoms with Crippen LogP contribution < -0.4 is 0 Å². The number of aryl methyl sites for hydroxylation is 3. The molecule has 3 heteroatoms. The molecule has 20 heavy (non-hydrogen) atoms. The zero-order valence-corrected chi connectivity index (χ0v) is 14.0. The molecule has 0 aromatic heterocycles. The monoisotopic (exact) mass is 274 g/mol. The third kappa shape index (κ3) is 2.94. The highest BCUT2D eigenvalue weighted by Gasteiger charge is 2.50. The van der Waals surface area contributed by atoms with Crippen molar-refractivity contribution >= 4 is 7.12 Å². The summed E-state index contributed by atoms with van der Waals surface area (Å²) in [7, 11) is -0.0971. The Kier molecular flexibility index (Phi) is 4.05. The van der Waals surface area contributed by atoms with Gasteiger partial charge in [-0.3, -0.25) is 0 Å². The highest BCUT2D eigenvalue weighted by molar-refractivity contribution is 6.45. The molecule has 1 aliphatic rings. The lowest BCUT2D eigenvalue weighted by atomic mass is 9.80. The van der Waals surface area contributed by atoms with Gasteiger partial charge in [0.2, 0.25) is 0 Å². The molecular formula is C17H27BO2. The van der Waals surface area contributed by atoms with E-state index in [9.17, 15) is 0 Å². The average Bonchev–Trinajstić information content (AvgIpc) is 2.45. The van der Waals surface area contributed by atoms with Crippen LogP contribution in [0.1, 0.15) is 49.9 Å². The first-order valence-electron chi connectivity index (χ1n) is 7.55. The summed E-state index contributed by atoms with van der Waals surface area (Å²) >= 11 is 0. The molecule has 1 aromatic rings. The Labute approximate surface area is 124 Å². The van der Waals surface area contributed by atoms with Gasteiger partial charge < -0.3 is 9.31 Å². The van der Waals surface area contributed by atoms with E-state index in [0.29, 0.717) is 0 Å². The van der Waals surface area contributed by atoms with E-state index >= 15 is 0 Å². The highest BCUT2D eigenvalue weighted by atomic mass is 16.7. The molecule has 2 rings (SSSR count). The average molecular weight is 274 g/mol. The van der Waals surface area contributed by atoms with Crippen molar-refractivity contribution in [2.24, 2.45) is 0 Å². The normalized spacial score (nSPS) is 20.4. The fraction of sp³-hybridized carbons (Fsp3) is 0.647. The van der Waals surface area contributed by atoms with Crippen molar-refractivity contribution in [1.82, 2.24) is 0 Å². The van der Waals surface area contributed by atoms with Crippen molar-refractivity contribution in [3.8, 4) is 0 Å². The molecule has 0 unspecified atom stereocenters. The van der Waals surface area contributed by atoms with Gasteiger partial charge in [0.1, 0.15) is 0 Å². The van der Waals surface area contributed by atoms with E-state index in [1.807, 2.05) is 0 Å². The van der Waals surface area contributed by atoms with E-state index in [-0.39, 0.29) is 18.3 Å². The van der Waals surface area contributed by atoms with E-state index in [1.54, 1.807) is 0 Å². The maximum atomic E-state index is 6.07. The Hall–Kier alpha value is -0.795. The van der Waals surface area contributed by atoms with E-state index < -0.39 is 0 Å². The van der Waals surface area contributed by atoms with E-state index in [0.717, 1.165) is 12.7 Å². The molecular weight excluding hydrogens is 247 g/mol. The molecule has 110 valence electrons. The van der Waals surface area contributed by atoms with Crippen LogP contribution in [0.5, 0.6) is 0 Å². The molecule has 0 aliphatic carbocycles. The fourth-order valence-electron chi connectivity index (χ4n) is 2.95. The third-order valence-corrected chi connectivity index (χ3v) is 4.77. The van der Waals surface area contributed by atoms with Crippen LogP contribution in [0.2, 0.25) is 6.32 Å². The van der Waals surface area contributed by atoms with Gasteiger partial charge in [-0.25, -0.2) is 0 Å². The topological polar surface area (TPSA) is 18.5 Å². The molecule has 0 N–H and O–H groups in total. The molecule has 0 radical (unpaired) electrons. The van der Waals surface area contributed by atoms with Gasteiger partial charge in [-0.1, -0.05) is 17.7 Å². The summed E-state index contributed by atoms with van der Waals surface area (Å²) in [6.07, 6.45) is 1.92. The van der Waals surface area contributed by atoms with Gasteiger partial charge in [-0.05, 0) is 77.9 Å². The summed E-state index contributed by atoms with van der Waals surface area (Å²) < 4.78 is 12.1. The molecule has 1 fully saturated rings. The van der Waals surface area contributed by atoms with Gasteiger partial charge in [-0.2, -0.15) is 0 Å². The summed E-state index contributed by atoms with van der Waals surface area (Å²) in [4.78, 5) is 0. The van der Waals surface area contributed by atoms with Crippen LogP contribution in [-0.2, 0) is 15.7 Å². The van der Waals surface area contributed by atoms with Gasteiger partial charge >= 0.3 is 7.12 Å². The van der Waals surface area contributed by atoms with Crippen molar-refractivity contribution in [2.45, 2.75) is 72.4 Å². The van der Waals surface area contributed by atoms with Crippen molar-refractivity contribution in [3.63, 3.8) is 0 Å². The Morgan fingerprint density at radius 3 is 1.80 bits per heavy atom. The molecule has 0 spiro atoms. The predicted molar refractivity (Wildman–Crippen MR) is 85.2 cm³/mol. The molecule has 1 saturated heterocycles. The highest BCUT2D eigenvalue weighted by Crippen LogP contribution is 2.38. The van der Waals surface area contributed by atoms with Crippen LogP contribution in [0.4, 0.5) is 0 Å². The standard InChI is InChI=1S/C17H27BO2/c1-12-10-13(2)15(14(3)11-12)8-9-18-19-16(4,5)17(6,7)20-18/h10-11H,8-9H2,1-7H3. The molecule has 2 nitrogen and oxygen atoms in total. The molecule has 1 heterocycles. The molecule has 1 aliphatic heterocycles. The molecule has 0 atom stereocenters. The van der Waals surface area contributed by atoms with Crippen molar-refractivity contribution in [1.29, 1.82) is 0 Å². The minimum absolute atomic E-state index is 0.0971. The second-order valence-electron chi connectivity index (χ2n) is 7.10. The van der Waals surface area contributed by atoms with Crippen LogP contribution >= 0.6 is 0 Å². The van der Waals surface area contributed by atoms with Crippen molar-refractivity contribution < 1.29 is 9.31 Å². The largest absolute Gasteiger partial charge is 0.458 e. The predicted octanol–water partition coefficient (Wildman–Crippen LogP) is 4.25. The lowest BCUT2D eigenvalue weighted by Gasteiger charge is -2.32. The van der Waals surface area contributed by atoms with Gasteiger partial charge in [0.25, 0.3) is 0 Å². The lowest BCUT2D eigenvalue weighted by Crippen LogP contribution is -2.41. The van der Waals surface area contributed by atoms with Crippen molar-refractivity contribution in [3.05, 3.63) is 34.4 Å². The Bertz CT molecular complexity index is 467. The van der Waals surface area contributed by atoms with Crippen LogP contribution in [0, 0.1) is 20.8 Å². The molecule has 1 aromatic carbocycles. The first-order valence-corrected chi connectivity index (χ1v) is 7.55. The Balaban J connectivity index is 2.05. The van der Waals surface area contributed by atoms with Crippen LogP contribution in [0.3, 0.4) is 0 Å². The van der Waals surface area contributed by atoms with E-state index in [4.69, 9.17) is 9.31 Å². The Morgan fingerprint density at radius 2 is 1.35 bits per heavy atom. The van der Waals surface area contributed by atoms with E-state index in [2.05, 4.69) is 60.6 Å². The zero-order chi connectivity index (χ0) is 15.1. The minimum atomic E-state index is -0.227. The Morgan fingerprint density at radius 1 is 0.900 bits per heavy atom. The van der Waals surface area contributed by atoms with Gasteiger partial charge in [0.05, 0.1) is 11.2 Å². The van der Waals surface area contributed by atoms with Crippen LogP contribution in [0.25, 0.3) is 0 Å². The first kappa shape index (κ1) is 15.6. The van der Waals surface area contributed by atoms with Crippen molar-refractivity contribution in [2.75, 3.05) is 0 Å². The molecule has 0 saturated carbocycles. The number of hydrogen-bond donors (Lipinski definition) is 0. The number of rotatable bonds is 3. The number of benzene rings is 1. The maximum Gasteiger partial charge on any atom is 0.458 e. The summed E-state index contributed by atoms with van der Waals surface area (Å²) in [5.74, 6) is 0. The quantitative estimate of drug-likeness (QED) is 0.767. The fourth-order valence-corrected chi connectivity index (χ4v) is 2.95. The summed E-state index contributed by atoms with van der Waals surface area (Å²) in [6, 6.07) is 4.51. The van der Waals surface area contributed by atoms with Crippen LogP contribution in [0.15, 0.2) is 12.1 Å². The second kappa shape index (κ2) is 5.20. The second-order valence-corrected chi connectivity index (χ2v) is 7.10. The smallest absolute Gasteiger partial charge is 0.403 e. The zero-order valence-electron chi connectivity index (χ0n) is 14.0. The van der Waals surface area contributed by atoms with Crippen LogP contribution in [-0.4, -0.2) is 18.3 Å². The van der Waals surface area contributed by atoms with Gasteiger partial charge in [-0.15, -0.1) is 0 Å². The maximum absolute atomic E-state index is 6.07. The summed E-state index contributed by atoms with van der Waals surface area (Å²) in [5, 5.41) is 0. The van der Waals surface area contributed by atoms with E-state index in [1.165, 1.54) is 22.3 Å². The van der Waals surface area contributed by atoms with Gasteiger partial charge in [0, 0.05) is 0 Å². The first-order chi connectivity index (χ1) is 9.12. The van der Waals surface area contributed by atoms with Gasteiger partial charge in [0.15, 0.2) is 0 Å². The number of hydrogen-bond acceptors (Lipinski definition) is 2. The lowest BCUT2D eigenvalue weighted by molar-refractivity contribution is 0.00578. The third-order valence-electron chi connectivity index (χ3n) is 4.77.